The summed E-state index contributed by atoms with van der Waals surface area (Å²) in [5.41, 5.74) is 3.06. The van der Waals surface area contributed by atoms with Gasteiger partial charge in [0.15, 0.2) is 0 Å². The Morgan fingerprint density at radius 1 is 1.31 bits per heavy atom. The summed E-state index contributed by atoms with van der Waals surface area (Å²) in [4.78, 5) is 4.35. The highest BCUT2D eigenvalue weighted by molar-refractivity contribution is 6.17. The molecule has 0 unspecified atom stereocenters. The summed E-state index contributed by atoms with van der Waals surface area (Å²) in [6.07, 6.45) is 0.854. The van der Waals surface area contributed by atoms with Crippen LogP contribution in [-0.2, 0) is 10.6 Å². The number of pyridine rings is 1. The number of aromatic nitrogens is 1. The van der Waals surface area contributed by atoms with Crippen LogP contribution < -0.4 is 4.74 Å². The van der Waals surface area contributed by atoms with Gasteiger partial charge in [-0.3, -0.25) is 0 Å². The van der Waals surface area contributed by atoms with Crippen LogP contribution in [-0.4, -0.2) is 25.3 Å². The molecule has 1 rings (SSSR count). The van der Waals surface area contributed by atoms with Crippen LogP contribution in [0, 0.1) is 13.8 Å². The molecule has 0 radical (unpaired) electrons. The van der Waals surface area contributed by atoms with Gasteiger partial charge >= 0.3 is 0 Å². The summed E-state index contributed by atoms with van der Waals surface area (Å²) in [6.45, 7) is 5.27. The summed E-state index contributed by atoms with van der Waals surface area (Å²) < 4.78 is 10.6. The molecule has 0 bridgehead atoms. The quantitative estimate of drug-likeness (QED) is 0.569. The van der Waals surface area contributed by atoms with Crippen LogP contribution >= 0.6 is 11.6 Å². The number of nitrogens with zero attached hydrogens (tertiary/aromatic N) is 1. The highest BCUT2D eigenvalue weighted by Crippen LogP contribution is 2.22. The van der Waals surface area contributed by atoms with Crippen LogP contribution in [0.2, 0.25) is 0 Å². The van der Waals surface area contributed by atoms with Crippen molar-refractivity contribution in [3.05, 3.63) is 22.9 Å². The standard InChI is InChI=1S/C12H18ClNO2/c1-9-7-10(2)14-12(11(9)8-13)16-6-4-5-15-3/h7H,4-6,8H2,1-3H3. The van der Waals surface area contributed by atoms with E-state index in [0.717, 1.165) is 23.2 Å². The second-order valence-electron chi connectivity index (χ2n) is 3.69. The average Bonchev–Trinajstić information content (AvgIpc) is 2.24. The predicted molar refractivity (Wildman–Crippen MR) is 65.3 cm³/mol. The van der Waals surface area contributed by atoms with Crippen molar-refractivity contribution in [2.24, 2.45) is 0 Å². The lowest BCUT2D eigenvalue weighted by Crippen LogP contribution is -2.06. The van der Waals surface area contributed by atoms with E-state index in [1.807, 2.05) is 19.9 Å². The molecule has 1 aromatic heterocycles. The Hall–Kier alpha value is -0.800. The Balaban J connectivity index is 2.69. The number of rotatable bonds is 6. The van der Waals surface area contributed by atoms with Gasteiger partial charge in [-0.2, -0.15) is 0 Å². The summed E-state index contributed by atoms with van der Waals surface area (Å²) in [5.74, 6) is 1.09. The SMILES string of the molecule is COCCCOc1nc(C)cc(C)c1CCl. The Morgan fingerprint density at radius 3 is 2.69 bits per heavy atom. The monoisotopic (exact) mass is 243 g/mol. The average molecular weight is 244 g/mol. The van der Waals surface area contributed by atoms with Gasteiger partial charge in [-0.05, 0) is 25.5 Å². The number of alkyl halides is 1. The molecule has 16 heavy (non-hydrogen) atoms. The summed E-state index contributed by atoms with van der Waals surface area (Å²) in [5, 5.41) is 0. The molecule has 0 aliphatic rings. The molecule has 0 atom stereocenters. The van der Waals surface area contributed by atoms with Crippen LogP contribution in [0.3, 0.4) is 0 Å². The van der Waals surface area contributed by atoms with Crippen molar-refractivity contribution in [3.8, 4) is 5.88 Å². The van der Waals surface area contributed by atoms with Gasteiger partial charge in [0.1, 0.15) is 0 Å². The van der Waals surface area contributed by atoms with Gasteiger partial charge in [0.05, 0.1) is 12.5 Å². The topological polar surface area (TPSA) is 31.4 Å². The summed E-state index contributed by atoms with van der Waals surface area (Å²) in [6, 6.07) is 2.01. The van der Waals surface area contributed by atoms with Gasteiger partial charge in [0.25, 0.3) is 0 Å². The molecule has 0 fully saturated rings. The number of ether oxygens (including phenoxy) is 2. The maximum Gasteiger partial charge on any atom is 0.218 e. The molecule has 90 valence electrons. The first-order valence-electron chi connectivity index (χ1n) is 5.34. The van der Waals surface area contributed by atoms with E-state index in [1.165, 1.54) is 0 Å². The van der Waals surface area contributed by atoms with E-state index >= 15 is 0 Å². The van der Waals surface area contributed by atoms with E-state index in [1.54, 1.807) is 7.11 Å². The second kappa shape index (κ2) is 6.71. The Morgan fingerprint density at radius 2 is 2.06 bits per heavy atom. The minimum absolute atomic E-state index is 0.429. The van der Waals surface area contributed by atoms with Crippen LogP contribution in [0.25, 0.3) is 0 Å². The number of methoxy groups -OCH3 is 1. The predicted octanol–water partition coefficient (Wildman–Crippen LogP) is 2.85. The highest BCUT2D eigenvalue weighted by Gasteiger charge is 2.08. The molecular formula is C12H18ClNO2. The third kappa shape index (κ3) is 3.65. The lowest BCUT2D eigenvalue weighted by Gasteiger charge is -2.11. The molecule has 0 aliphatic heterocycles. The first-order chi connectivity index (χ1) is 7.69. The fourth-order valence-electron chi connectivity index (χ4n) is 1.48. The van der Waals surface area contributed by atoms with Crippen molar-refractivity contribution < 1.29 is 9.47 Å². The molecule has 0 aliphatic carbocycles. The Bertz CT molecular complexity index is 342. The van der Waals surface area contributed by atoms with Crippen LogP contribution in [0.4, 0.5) is 0 Å². The fraction of sp³-hybridized carbons (Fsp3) is 0.583. The number of aryl methyl sites for hydroxylation is 2. The third-order valence-corrected chi connectivity index (χ3v) is 2.57. The molecule has 1 heterocycles. The minimum atomic E-state index is 0.429. The maximum atomic E-state index is 5.89. The fourth-order valence-corrected chi connectivity index (χ4v) is 1.81. The number of hydrogen-bond acceptors (Lipinski definition) is 3. The zero-order valence-electron chi connectivity index (χ0n) is 10.0. The van der Waals surface area contributed by atoms with Crippen molar-refractivity contribution in [2.45, 2.75) is 26.1 Å². The van der Waals surface area contributed by atoms with Crippen LogP contribution in [0.5, 0.6) is 5.88 Å². The molecule has 0 amide bonds. The van der Waals surface area contributed by atoms with Gasteiger partial charge in [-0.25, -0.2) is 4.98 Å². The van der Waals surface area contributed by atoms with E-state index in [-0.39, 0.29) is 0 Å². The summed E-state index contributed by atoms with van der Waals surface area (Å²) in [7, 11) is 1.68. The first-order valence-corrected chi connectivity index (χ1v) is 5.87. The van der Waals surface area contributed by atoms with E-state index in [4.69, 9.17) is 21.1 Å². The molecule has 1 aromatic rings. The molecule has 0 N–H and O–H groups in total. The van der Waals surface area contributed by atoms with Crippen molar-refractivity contribution >= 4 is 11.6 Å². The van der Waals surface area contributed by atoms with Crippen molar-refractivity contribution in [1.82, 2.24) is 4.98 Å². The molecule has 0 aromatic carbocycles. The molecule has 4 heteroatoms. The van der Waals surface area contributed by atoms with Crippen LogP contribution in [0.15, 0.2) is 6.07 Å². The van der Waals surface area contributed by atoms with Crippen molar-refractivity contribution in [3.63, 3.8) is 0 Å². The van der Waals surface area contributed by atoms with Gasteiger partial charge < -0.3 is 9.47 Å². The zero-order chi connectivity index (χ0) is 12.0. The molecule has 0 saturated heterocycles. The second-order valence-corrected chi connectivity index (χ2v) is 3.96. The van der Waals surface area contributed by atoms with Crippen LogP contribution in [0.1, 0.15) is 23.2 Å². The maximum absolute atomic E-state index is 5.89. The number of halogens is 1. The smallest absolute Gasteiger partial charge is 0.218 e. The lowest BCUT2D eigenvalue weighted by molar-refractivity contribution is 0.170. The molecule has 0 spiro atoms. The van der Waals surface area contributed by atoms with E-state index in [2.05, 4.69) is 4.98 Å². The molecule has 0 saturated carbocycles. The third-order valence-electron chi connectivity index (χ3n) is 2.30. The molecule has 3 nitrogen and oxygen atoms in total. The Labute approximate surface area is 102 Å². The zero-order valence-corrected chi connectivity index (χ0v) is 10.8. The minimum Gasteiger partial charge on any atom is -0.477 e. The largest absolute Gasteiger partial charge is 0.477 e. The van der Waals surface area contributed by atoms with Gasteiger partial charge in [-0.15, -0.1) is 11.6 Å². The highest BCUT2D eigenvalue weighted by atomic mass is 35.5. The van der Waals surface area contributed by atoms with Gasteiger partial charge in [0, 0.05) is 31.4 Å². The van der Waals surface area contributed by atoms with E-state index in [9.17, 15) is 0 Å². The summed E-state index contributed by atoms with van der Waals surface area (Å²) >= 11 is 5.89. The molecular weight excluding hydrogens is 226 g/mol. The van der Waals surface area contributed by atoms with Gasteiger partial charge in [-0.1, -0.05) is 0 Å². The lowest BCUT2D eigenvalue weighted by atomic mass is 10.1. The van der Waals surface area contributed by atoms with Crippen molar-refractivity contribution in [1.29, 1.82) is 0 Å². The van der Waals surface area contributed by atoms with E-state index < -0.39 is 0 Å². The number of hydrogen-bond donors (Lipinski definition) is 0. The first kappa shape index (κ1) is 13.3. The Kier molecular flexibility index (Phi) is 5.56. The van der Waals surface area contributed by atoms with E-state index in [0.29, 0.717) is 25.0 Å². The normalized spacial score (nSPS) is 10.5. The van der Waals surface area contributed by atoms with Gasteiger partial charge in [0.2, 0.25) is 5.88 Å². The van der Waals surface area contributed by atoms with Crippen molar-refractivity contribution in [2.75, 3.05) is 20.3 Å².